The number of ether oxygens (including phenoxy) is 1. The molecule has 3 aromatic carbocycles. The summed E-state index contributed by atoms with van der Waals surface area (Å²) in [6.45, 7) is 11.0. The summed E-state index contributed by atoms with van der Waals surface area (Å²) in [6, 6.07) is 29.7. The smallest absolute Gasteiger partial charge is 0.588 e. The molecule has 0 spiro atoms. The average molecular weight is 496 g/mol. The highest BCUT2D eigenvalue weighted by molar-refractivity contribution is 6.33. The third kappa shape index (κ3) is 5.61. The highest BCUT2D eigenvalue weighted by Crippen LogP contribution is 2.37. The van der Waals surface area contributed by atoms with Crippen LogP contribution in [0.3, 0.4) is 0 Å². The molecule has 0 amide bonds. The lowest BCUT2D eigenvalue weighted by Crippen LogP contribution is -2.62. The van der Waals surface area contributed by atoms with Crippen molar-refractivity contribution in [2.75, 3.05) is 0 Å². The van der Waals surface area contributed by atoms with E-state index in [-0.39, 0.29) is 10.5 Å². The first-order valence-corrected chi connectivity index (χ1v) is 14.3. The quantitative estimate of drug-likeness (QED) is 0.191. The van der Waals surface area contributed by atoms with E-state index in [0.717, 1.165) is 17.9 Å². The molecular weight excluding hydrogens is 457 g/mol. The lowest BCUT2D eigenvalue weighted by atomic mass is 10.0. The van der Waals surface area contributed by atoms with Crippen LogP contribution in [0.2, 0.25) is 0 Å². The molecule has 4 heteroatoms. The van der Waals surface area contributed by atoms with Crippen molar-refractivity contribution in [2.45, 2.75) is 70.8 Å². The Labute approximate surface area is 223 Å². The van der Waals surface area contributed by atoms with Crippen molar-refractivity contribution in [3.8, 4) is 22.6 Å². The van der Waals surface area contributed by atoms with Gasteiger partial charge in [0.15, 0.2) is 21.9 Å². The van der Waals surface area contributed by atoms with Crippen LogP contribution in [0.15, 0.2) is 84.9 Å². The summed E-state index contributed by atoms with van der Waals surface area (Å²) in [7, 11) is 0. The van der Waals surface area contributed by atoms with Crippen LogP contribution in [0.25, 0.3) is 22.0 Å². The van der Waals surface area contributed by atoms with Gasteiger partial charge in [-0.1, -0.05) is 88.6 Å². The molecule has 2 heterocycles. The molecule has 0 bridgehead atoms. The van der Waals surface area contributed by atoms with Crippen LogP contribution < -0.4 is 13.1 Å². The summed E-state index contributed by atoms with van der Waals surface area (Å²) < 4.78 is 15.1. The Balaban J connectivity index is 0.000000556. The second-order valence-corrected chi connectivity index (χ2v) is 11.3. The van der Waals surface area contributed by atoms with Gasteiger partial charge >= 0.3 is 15.6 Å². The summed E-state index contributed by atoms with van der Waals surface area (Å²) in [4.78, 5) is 0. The number of para-hydroxylation sites is 1. The molecule has 1 aliphatic heterocycles. The van der Waals surface area contributed by atoms with Crippen molar-refractivity contribution >= 4 is 26.5 Å². The SMILES string of the molecule is CCC1[n+]2c(C)ccc3cccc(c32)O[C]1(C)[Al][O]c1ccc(-c2ccccc2)cc1.CCCCC. The third-order valence-corrected chi connectivity index (χ3v) is 8.30. The molecule has 0 N–H and O–H groups in total. The Bertz CT molecular complexity index is 1270. The van der Waals surface area contributed by atoms with Crippen molar-refractivity contribution in [3.63, 3.8) is 0 Å². The van der Waals surface area contributed by atoms with Gasteiger partial charge in [-0.15, -0.1) is 0 Å². The lowest BCUT2D eigenvalue weighted by molar-refractivity contribution is -0.719. The monoisotopic (exact) mass is 495 g/mol. The Morgan fingerprint density at radius 1 is 0.833 bits per heavy atom. The second kappa shape index (κ2) is 12.0. The van der Waals surface area contributed by atoms with Crippen LogP contribution in [0, 0.1) is 6.92 Å². The van der Waals surface area contributed by atoms with Gasteiger partial charge in [0.1, 0.15) is 0 Å². The number of rotatable bonds is 7. The summed E-state index contributed by atoms with van der Waals surface area (Å²) >= 11 is -0.441. The number of hydrogen-bond donors (Lipinski definition) is 0. The minimum atomic E-state index is -0.441. The molecule has 0 saturated heterocycles. The minimum Gasteiger partial charge on any atom is -0.646 e. The number of nitrogens with zero attached hydrogens (tertiary/aromatic N) is 1. The van der Waals surface area contributed by atoms with Gasteiger partial charge in [-0.25, -0.2) is 0 Å². The number of hydrogen-bond acceptors (Lipinski definition) is 2. The summed E-state index contributed by atoms with van der Waals surface area (Å²) in [5.41, 5.74) is 4.86. The number of aromatic nitrogens is 1. The van der Waals surface area contributed by atoms with Crippen molar-refractivity contribution in [1.29, 1.82) is 0 Å². The summed E-state index contributed by atoms with van der Waals surface area (Å²) in [6.07, 6.45) is 5.06. The van der Waals surface area contributed by atoms with E-state index in [9.17, 15) is 0 Å². The van der Waals surface area contributed by atoms with Gasteiger partial charge in [0.2, 0.25) is 0 Å². The van der Waals surface area contributed by atoms with E-state index >= 15 is 0 Å². The van der Waals surface area contributed by atoms with Crippen LogP contribution >= 0.6 is 0 Å². The van der Waals surface area contributed by atoms with Gasteiger partial charge in [0.05, 0.1) is 11.1 Å². The van der Waals surface area contributed by atoms with Crippen molar-refractivity contribution < 1.29 is 13.1 Å². The molecule has 185 valence electrons. The summed E-state index contributed by atoms with van der Waals surface area (Å²) in [5.74, 6) is 1.84. The van der Waals surface area contributed by atoms with Gasteiger partial charge < -0.3 is 8.53 Å². The molecule has 1 aromatic heterocycles. The molecule has 0 fully saturated rings. The molecule has 36 heavy (non-hydrogen) atoms. The number of pyridine rings is 1. The van der Waals surface area contributed by atoms with Gasteiger partial charge in [-0.2, -0.15) is 4.57 Å². The van der Waals surface area contributed by atoms with Gasteiger partial charge in [0, 0.05) is 19.4 Å². The van der Waals surface area contributed by atoms with Crippen molar-refractivity contribution in [2.24, 2.45) is 0 Å². The van der Waals surface area contributed by atoms with Crippen molar-refractivity contribution in [1.82, 2.24) is 0 Å². The normalized spacial score (nSPS) is 18.1. The standard InChI is InChI=1S/C15H17NO.C12H10O.C5H12.Al/c1-4-13-11(3)17-14-7-5-6-12-9-8-10(2)16(13)15(12)14;13-12-8-6-11(7-9-12)10-4-2-1-3-5-10;1-3-5-4-2;/h5-9,13H,4H2,1-3H3;1-9,13H;3-5H2,1-2H3;/q+1;;;+1/p-1. The fraction of sp³-hybridized carbons (Fsp3) is 0.344. The first-order valence-electron chi connectivity index (χ1n) is 13.3. The third-order valence-electron chi connectivity index (χ3n) is 6.94. The zero-order valence-electron chi connectivity index (χ0n) is 22.3. The highest BCUT2D eigenvalue weighted by Gasteiger charge is 2.51. The molecule has 2 atom stereocenters. The van der Waals surface area contributed by atoms with Gasteiger partial charge in [0.25, 0.3) is 5.52 Å². The van der Waals surface area contributed by atoms with Crippen LogP contribution in [0.1, 0.15) is 65.1 Å². The van der Waals surface area contributed by atoms with E-state index in [0.29, 0.717) is 0 Å². The number of unbranched alkanes of at least 4 members (excludes halogenated alkanes) is 2. The maximum atomic E-state index is 6.66. The molecule has 5 rings (SSSR count). The fourth-order valence-corrected chi connectivity index (χ4v) is 6.27. The molecule has 0 saturated carbocycles. The minimum absolute atomic E-state index is 0.227. The molecule has 1 radical (unpaired) electrons. The number of benzene rings is 3. The van der Waals surface area contributed by atoms with E-state index < -0.39 is 15.6 Å². The van der Waals surface area contributed by atoms with Crippen LogP contribution in [-0.2, 0) is 0 Å². The first kappa shape index (κ1) is 26.3. The largest absolute Gasteiger partial charge is 0.646 e. The molecule has 3 nitrogen and oxygen atoms in total. The predicted molar refractivity (Wildman–Crippen MR) is 151 cm³/mol. The van der Waals surface area contributed by atoms with Crippen molar-refractivity contribution in [3.05, 3.63) is 90.6 Å². The van der Waals surface area contributed by atoms with E-state index in [2.05, 4.69) is 118 Å². The second-order valence-electron chi connectivity index (χ2n) is 9.73. The highest BCUT2D eigenvalue weighted by atomic mass is 27.1. The lowest BCUT2D eigenvalue weighted by Gasteiger charge is -2.37. The summed E-state index contributed by atoms with van der Waals surface area (Å²) in [5, 5.41) is 1.22. The Morgan fingerprint density at radius 3 is 2.17 bits per heavy atom. The zero-order valence-corrected chi connectivity index (χ0v) is 23.5. The average Bonchev–Trinajstić information content (AvgIpc) is 2.91. The Kier molecular flexibility index (Phi) is 8.73. The van der Waals surface area contributed by atoms with Crippen LogP contribution in [0.4, 0.5) is 0 Å². The van der Waals surface area contributed by atoms with Crippen LogP contribution in [-0.4, -0.2) is 20.0 Å². The maximum absolute atomic E-state index is 6.66. The molecule has 1 aliphatic rings. The molecule has 2 unspecified atom stereocenters. The van der Waals surface area contributed by atoms with E-state index in [1.54, 1.807) is 0 Å². The Hall–Kier alpha value is -2.80. The maximum Gasteiger partial charge on any atom is 0.588 e. The first-order chi connectivity index (χ1) is 17.5. The molecule has 4 aromatic rings. The number of aryl methyl sites for hydroxylation is 1. The van der Waals surface area contributed by atoms with Gasteiger partial charge in [-0.3, -0.25) is 0 Å². The molecular formula is C32H38AlNO2+. The topological polar surface area (TPSA) is 22.3 Å². The fourth-order valence-electron chi connectivity index (χ4n) is 5.03. The van der Waals surface area contributed by atoms with Crippen LogP contribution in [0.5, 0.6) is 11.5 Å². The molecule has 0 aliphatic carbocycles. The van der Waals surface area contributed by atoms with E-state index in [1.165, 1.54) is 47.0 Å². The van der Waals surface area contributed by atoms with E-state index in [4.69, 9.17) is 8.53 Å². The van der Waals surface area contributed by atoms with Gasteiger partial charge in [-0.05, 0) is 48.4 Å². The van der Waals surface area contributed by atoms with E-state index in [1.807, 2.05) is 6.07 Å². The predicted octanol–water partition coefficient (Wildman–Crippen LogP) is 8.06. The Morgan fingerprint density at radius 2 is 1.53 bits per heavy atom. The zero-order chi connectivity index (χ0) is 25.5.